The van der Waals surface area contributed by atoms with Crippen LogP contribution in [0.3, 0.4) is 0 Å². The number of carbonyl (C=O) groups excluding carboxylic acids is 3. The van der Waals surface area contributed by atoms with Crippen molar-refractivity contribution >= 4 is 17.7 Å². The standard InChI is InChI=1S/C45H50N8O4/c1-51-23-5-13-38(51)43(54)50-40(33-9-3-2-4-10-33)45(56)53-25-7-12-37(53)42-47-28-35(49-42)32-21-17-30(18-22-32)29-15-19-31(20-16-29)34-27-46-41(48-34)36-11-6-24-52(36)44(55)39-14-8-26-57-39/h2-4,9-10,15-22,27-28,36-40H,5-8,11-14,23-26H2,1H3,(H,46,48)(H,47,49)(H,50,54)/t36-,37-,38-,39-,40+/m0/s1. The zero-order valence-corrected chi connectivity index (χ0v) is 32.4. The van der Waals surface area contributed by atoms with Crippen molar-refractivity contribution in [1.29, 1.82) is 0 Å². The molecular weight excluding hydrogens is 717 g/mol. The van der Waals surface area contributed by atoms with Gasteiger partial charge in [-0.3, -0.25) is 19.3 Å². The molecule has 5 aromatic rings. The summed E-state index contributed by atoms with van der Waals surface area (Å²) in [5.41, 5.74) is 6.82. The van der Waals surface area contributed by atoms with Gasteiger partial charge in [-0.25, -0.2) is 9.97 Å². The summed E-state index contributed by atoms with van der Waals surface area (Å²) >= 11 is 0. The van der Waals surface area contributed by atoms with Crippen molar-refractivity contribution in [3.05, 3.63) is 108 Å². The molecule has 9 rings (SSSR count). The third-order valence-corrected chi connectivity index (χ3v) is 12.3. The van der Waals surface area contributed by atoms with E-state index in [0.29, 0.717) is 13.2 Å². The summed E-state index contributed by atoms with van der Waals surface area (Å²) in [5.74, 6) is 1.46. The Morgan fingerprint density at radius 3 is 1.81 bits per heavy atom. The average Bonchev–Trinajstić information content (AvgIpc) is 4.11. The minimum atomic E-state index is -0.766. The van der Waals surface area contributed by atoms with Crippen LogP contribution in [0.1, 0.15) is 86.7 Å². The second kappa shape index (κ2) is 16.1. The molecule has 12 heteroatoms. The summed E-state index contributed by atoms with van der Waals surface area (Å²) < 4.78 is 5.69. The molecule has 57 heavy (non-hydrogen) atoms. The minimum absolute atomic E-state index is 0.0475. The van der Waals surface area contributed by atoms with Crippen LogP contribution < -0.4 is 5.32 Å². The fourth-order valence-electron chi connectivity index (χ4n) is 9.16. The second-order valence-electron chi connectivity index (χ2n) is 15.9. The zero-order valence-electron chi connectivity index (χ0n) is 32.4. The number of amides is 3. The van der Waals surface area contributed by atoms with Crippen LogP contribution in [0.25, 0.3) is 33.6 Å². The highest BCUT2D eigenvalue weighted by molar-refractivity contribution is 5.91. The maximum atomic E-state index is 14.3. The lowest BCUT2D eigenvalue weighted by Crippen LogP contribution is -2.48. The predicted molar refractivity (Wildman–Crippen MR) is 216 cm³/mol. The first-order chi connectivity index (χ1) is 27.9. The number of aromatic amines is 2. The van der Waals surface area contributed by atoms with Crippen molar-refractivity contribution in [3.63, 3.8) is 0 Å². The van der Waals surface area contributed by atoms with Gasteiger partial charge in [-0.15, -0.1) is 0 Å². The maximum Gasteiger partial charge on any atom is 0.252 e. The van der Waals surface area contributed by atoms with Crippen LogP contribution in [-0.2, 0) is 19.1 Å². The first kappa shape index (κ1) is 37.0. The van der Waals surface area contributed by atoms with Crippen molar-refractivity contribution < 1.29 is 19.1 Å². The molecule has 4 fully saturated rings. The quantitative estimate of drug-likeness (QED) is 0.146. The lowest BCUT2D eigenvalue weighted by molar-refractivity contribution is -0.142. The van der Waals surface area contributed by atoms with E-state index in [9.17, 15) is 14.4 Å². The third-order valence-electron chi connectivity index (χ3n) is 12.3. The van der Waals surface area contributed by atoms with Gasteiger partial charge in [0.15, 0.2) is 0 Å². The van der Waals surface area contributed by atoms with E-state index in [1.165, 1.54) is 0 Å². The number of likely N-dealkylation sites (tertiary alicyclic amines) is 3. The van der Waals surface area contributed by atoms with Gasteiger partial charge in [0.05, 0.1) is 41.9 Å². The van der Waals surface area contributed by atoms with Crippen molar-refractivity contribution in [2.75, 3.05) is 33.3 Å². The molecule has 0 spiro atoms. The number of ether oxygens (including phenoxy) is 1. The summed E-state index contributed by atoms with van der Waals surface area (Å²) in [7, 11) is 1.97. The number of imidazole rings is 2. The normalized spacial score (nSPS) is 23.0. The molecule has 4 aliphatic rings. The summed E-state index contributed by atoms with van der Waals surface area (Å²) in [6, 6.07) is 25.1. The Hall–Kier alpha value is -5.59. The molecule has 0 aliphatic carbocycles. The molecule has 3 N–H and O–H groups in total. The average molecular weight is 767 g/mol. The number of carbonyl (C=O) groups is 3. The van der Waals surface area contributed by atoms with Crippen LogP contribution in [0.15, 0.2) is 91.3 Å². The number of hydrogen-bond acceptors (Lipinski definition) is 7. The monoisotopic (exact) mass is 766 g/mol. The van der Waals surface area contributed by atoms with E-state index in [1.54, 1.807) is 0 Å². The molecule has 294 valence electrons. The molecule has 0 bridgehead atoms. The van der Waals surface area contributed by atoms with Gasteiger partial charge in [0, 0.05) is 19.7 Å². The highest BCUT2D eigenvalue weighted by Crippen LogP contribution is 2.36. The van der Waals surface area contributed by atoms with Crippen molar-refractivity contribution in [2.45, 2.75) is 81.6 Å². The van der Waals surface area contributed by atoms with E-state index in [2.05, 4.69) is 68.7 Å². The lowest BCUT2D eigenvalue weighted by Gasteiger charge is -2.30. The highest BCUT2D eigenvalue weighted by atomic mass is 16.5. The first-order valence-electron chi connectivity index (χ1n) is 20.5. The minimum Gasteiger partial charge on any atom is -0.368 e. The van der Waals surface area contributed by atoms with Gasteiger partial charge in [-0.2, -0.15) is 0 Å². The zero-order chi connectivity index (χ0) is 38.9. The molecular formula is C45H50N8O4. The highest BCUT2D eigenvalue weighted by Gasteiger charge is 2.39. The fourth-order valence-corrected chi connectivity index (χ4v) is 9.16. The number of likely N-dealkylation sites (N-methyl/N-ethyl adjacent to an activating group) is 1. The largest absolute Gasteiger partial charge is 0.368 e. The van der Waals surface area contributed by atoms with E-state index in [-0.39, 0.29) is 42.0 Å². The van der Waals surface area contributed by atoms with Gasteiger partial charge in [0.1, 0.15) is 23.8 Å². The topological polar surface area (TPSA) is 140 Å². The molecule has 0 saturated carbocycles. The maximum absolute atomic E-state index is 14.3. The summed E-state index contributed by atoms with van der Waals surface area (Å²) in [6.45, 7) is 2.89. The Balaban J connectivity index is 0.860. The van der Waals surface area contributed by atoms with Crippen LogP contribution in [0, 0.1) is 0 Å². The molecule has 0 unspecified atom stereocenters. The molecule has 4 aliphatic heterocycles. The summed E-state index contributed by atoms with van der Waals surface area (Å²) in [6.07, 6.45) is 10.4. The molecule has 3 aromatic carbocycles. The Morgan fingerprint density at radius 1 is 0.684 bits per heavy atom. The molecule has 5 atom stereocenters. The van der Waals surface area contributed by atoms with E-state index in [0.717, 1.165) is 115 Å². The summed E-state index contributed by atoms with van der Waals surface area (Å²) in [5, 5.41) is 3.12. The number of nitrogens with zero attached hydrogens (tertiary/aromatic N) is 5. The molecule has 6 heterocycles. The van der Waals surface area contributed by atoms with Crippen LogP contribution in [0.5, 0.6) is 0 Å². The molecule has 12 nitrogen and oxygen atoms in total. The fraction of sp³-hybridized carbons (Fsp3) is 0.400. The van der Waals surface area contributed by atoms with E-state index < -0.39 is 6.04 Å². The van der Waals surface area contributed by atoms with Gasteiger partial charge in [0.25, 0.3) is 5.91 Å². The van der Waals surface area contributed by atoms with Crippen LogP contribution in [-0.4, -0.2) is 97.8 Å². The van der Waals surface area contributed by atoms with E-state index in [1.807, 2.05) is 59.6 Å². The molecule has 3 amide bonds. The third kappa shape index (κ3) is 7.51. The Labute approximate surface area is 333 Å². The van der Waals surface area contributed by atoms with Gasteiger partial charge >= 0.3 is 0 Å². The first-order valence-corrected chi connectivity index (χ1v) is 20.5. The van der Waals surface area contributed by atoms with E-state index >= 15 is 0 Å². The second-order valence-corrected chi connectivity index (χ2v) is 15.9. The van der Waals surface area contributed by atoms with E-state index in [4.69, 9.17) is 14.7 Å². The number of nitrogens with one attached hydrogen (secondary N) is 3. The number of rotatable bonds is 10. The van der Waals surface area contributed by atoms with Gasteiger partial charge in [-0.05, 0) is 92.8 Å². The number of H-pyrrole nitrogens is 2. The van der Waals surface area contributed by atoms with Crippen LogP contribution >= 0.6 is 0 Å². The Kier molecular flexibility index (Phi) is 10.5. The Morgan fingerprint density at radius 2 is 1.25 bits per heavy atom. The lowest BCUT2D eigenvalue weighted by atomic mass is 10.0. The van der Waals surface area contributed by atoms with Crippen LogP contribution in [0.2, 0.25) is 0 Å². The molecule has 4 saturated heterocycles. The molecule has 0 radical (unpaired) electrons. The van der Waals surface area contributed by atoms with Crippen molar-refractivity contribution in [2.24, 2.45) is 0 Å². The SMILES string of the molecule is CN1CCC[C@H]1C(=O)N[C@@H](C(=O)N1CCC[C@H]1c1ncc(-c2ccc(-c3ccc(-c4cnc([C@@H]5CCCN5C(=O)[C@@H]5CCCO5)[nH]4)cc3)cc2)[nH]1)c1ccccc1. The predicted octanol–water partition coefficient (Wildman–Crippen LogP) is 6.59. The number of hydrogen-bond donors (Lipinski definition) is 3. The summed E-state index contributed by atoms with van der Waals surface area (Å²) in [4.78, 5) is 63.2. The van der Waals surface area contributed by atoms with Gasteiger partial charge in [-0.1, -0.05) is 78.9 Å². The van der Waals surface area contributed by atoms with Gasteiger partial charge < -0.3 is 29.8 Å². The number of benzene rings is 3. The Bertz CT molecular complexity index is 2190. The molecule has 2 aromatic heterocycles. The number of aromatic nitrogens is 4. The van der Waals surface area contributed by atoms with Gasteiger partial charge in [0.2, 0.25) is 11.8 Å². The van der Waals surface area contributed by atoms with Crippen molar-refractivity contribution in [1.82, 2.24) is 40.0 Å². The van der Waals surface area contributed by atoms with Crippen LogP contribution in [0.4, 0.5) is 0 Å². The smallest absolute Gasteiger partial charge is 0.252 e. The van der Waals surface area contributed by atoms with Crippen molar-refractivity contribution in [3.8, 4) is 33.6 Å².